The van der Waals surface area contributed by atoms with Crippen molar-refractivity contribution in [2.75, 3.05) is 50.7 Å². The van der Waals surface area contributed by atoms with Crippen LogP contribution in [0.3, 0.4) is 0 Å². The number of aromatic nitrogens is 1. The van der Waals surface area contributed by atoms with Crippen LogP contribution in [0.25, 0.3) is 10.9 Å². The Kier molecular flexibility index (Phi) is 5.65. The normalized spacial score (nSPS) is 18.3. The van der Waals surface area contributed by atoms with Crippen molar-refractivity contribution in [3.05, 3.63) is 35.0 Å². The van der Waals surface area contributed by atoms with Crippen molar-refractivity contribution in [1.29, 1.82) is 5.26 Å². The molecule has 2 aliphatic rings. The van der Waals surface area contributed by atoms with Crippen LogP contribution in [-0.4, -0.2) is 66.5 Å². The number of carbonyl (C=O) groups excluding carboxylic acids is 1. The fourth-order valence-electron chi connectivity index (χ4n) is 4.14. The fourth-order valence-corrected chi connectivity index (χ4v) is 4.31. The lowest BCUT2D eigenvalue weighted by Crippen LogP contribution is -2.51. The van der Waals surface area contributed by atoms with E-state index in [2.05, 4.69) is 20.9 Å². The van der Waals surface area contributed by atoms with Crippen molar-refractivity contribution in [2.45, 2.75) is 19.3 Å². The molecule has 2 aliphatic heterocycles. The molecule has 0 N–H and O–H groups in total. The summed E-state index contributed by atoms with van der Waals surface area (Å²) in [7, 11) is 0. The number of nitriles is 1. The Morgan fingerprint density at radius 3 is 2.57 bits per heavy atom. The lowest BCUT2D eigenvalue weighted by molar-refractivity contribution is -0.133. The number of fused-ring (bicyclic) bond motifs is 1. The summed E-state index contributed by atoms with van der Waals surface area (Å²) in [6, 6.07) is 7.85. The molecule has 2 aromatic rings. The van der Waals surface area contributed by atoms with E-state index in [1.165, 1.54) is 6.42 Å². The molecule has 1 amide bonds. The van der Waals surface area contributed by atoms with Crippen LogP contribution in [0, 0.1) is 11.3 Å². The lowest BCUT2D eigenvalue weighted by Gasteiger charge is -2.37. The average molecular weight is 398 g/mol. The second-order valence-corrected chi connectivity index (χ2v) is 7.93. The molecular formula is C21H24ClN5O. The zero-order chi connectivity index (χ0) is 19.5. The molecule has 7 heteroatoms. The molecule has 4 rings (SSSR count). The van der Waals surface area contributed by atoms with E-state index in [1.807, 2.05) is 23.1 Å². The van der Waals surface area contributed by atoms with Crippen molar-refractivity contribution in [3.63, 3.8) is 0 Å². The van der Waals surface area contributed by atoms with Gasteiger partial charge in [-0.25, -0.2) is 0 Å². The third kappa shape index (κ3) is 3.91. The smallest absolute Gasteiger partial charge is 0.236 e. The Morgan fingerprint density at radius 1 is 1.11 bits per heavy atom. The summed E-state index contributed by atoms with van der Waals surface area (Å²) in [5.41, 5.74) is 2.30. The van der Waals surface area contributed by atoms with Crippen LogP contribution in [0.15, 0.2) is 24.4 Å². The third-order valence-electron chi connectivity index (χ3n) is 5.68. The molecule has 0 bridgehead atoms. The number of piperidine rings is 1. The number of piperazine rings is 1. The van der Waals surface area contributed by atoms with Gasteiger partial charge in [0, 0.05) is 55.9 Å². The quantitative estimate of drug-likeness (QED) is 0.796. The van der Waals surface area contributed by atoms with Crippen LogP contribution in [0.4, 0.5) is 5.69 Å². The van der Waals surface area contributed by atoms with Gasteiger partial charge in [-0.05, 0) is 37.5 Å². The van der Waals surface area contributed by atoms with Gasteiger partial charge in [0.1, 0.15) is 6.07 Å². The maximum absolute atomic E-state index is 12.5. The molecule has 0 saturated carbocycles. The monoisotopic (exact) mass is 397 g/mol. The highest BCUT2D eigenvalue weighted by atomic mass is 35.5. The molecule has 2 fully saturated rings. The number of pyridine rings is 1. The van der Waals surface area contributed by atoms with Crippen LogP contribution >= 0.6 is 11.6 Å². The number of carbonyl (C=O) groups is 1. The number of halogens is 1. The van der Waals surface area contributed by atoms with Crippen molar-refractivity contribution < 1.29 is 4.79 Å². The minimum Gasteiger partial charge on any atom is -0.367 e. The first-order valence-electron chi connectivity index (χ1n) is 9.89. The first-order valence-corrected chi connectivity index (χ1v) is 10.3. The van der Waals surface area contributed by atoms with Gasteiger partial charge in [0.15, 0.2) is 0 Å². The first kappa shape index (κ1) is 19.0. The van der Waals surface area contributed by atoms with E-state index in [1.54, 1.807) is 6.20 Å². The van der Waals surface area contributed by atoms with Crippen molar-refractivity contribution in [3.8, 4) is 6.07 Å². The number of hydrogen-bond donors (Lipinski definition) is 0. The number of benzene rings is 1. The van der Waals surface area contributed by atoms with Gasteiger partial charge in [-0.2, -0.15) is 5.26 Å². The van der Waals surface area contributed by atoms with E-state index < -0.39 is 0 Å². The minimum atomic E-state index is 0.243. The highest BCUT2D eigenvalue weighted by Crippen LogP contribution is 2.32. The fraction of sp³-hybridized carbons (Fsp3) is 0.476. The summed E-state index contributed by atoms with van der Waals surface area (Å²) >= 11 is 6.20. The van der Waals surface area contributed by atoms with Gasteiger partial charge in [-0.3, -0.25) is 14.7 Å². The number of likely N-dealkylation sites (tertiary alicyclic amines) is 1. The Bertz CT molecular complexity index is 911. The Morgan fingerprint density at radius 2 is 1.86 bits per heavy atom. The topological polar surface area (TPSA) is 63.5 Å². The summed E-state index contributed by atoms with van der Waals surface area (Å²) in [5.74, 6) is 0.243. The van der Waals surface area contributed by atoms with Gasteiger partial charge in [0.2, 0.25) is 5.91 Å². The number of nitrogens with zero attached hydrogens (tertiary/aromatic N) is 5. The molecule has 3 heterocycles. The van der Waals surface area contributed by atoms with Gasteiger partial charge >= 0.3 is 0 Å². The molecular weight excluding hydrogens is 374 g/mol. The Hall–Kier alpha value is -2.36. The molecule has 28 heavy (non-hydrogen) atoms. The van der Waals surface area contributed by atoms with Gasteiger partial charge in [-0.15, -0.1) is 0 Å². The molecule has 0 radical (unpaired) electrons. The molecule has 0 aliphatic carbocycles. The second-order valence-electron chi connectivity index (χ2n) is 7.50. The van der Waals surface area contributed by atoms with Crippen molar-refractivity contribution in [2.24, 2.45) is 0 Å². The van der Waals surface area contributed by atoms with Gasteiger partial charge in [-0.1, -0.05) is 11.6 Å². The van der Waals surface area contributed by atoms with E-state index in [-0.39, 0.29) is 5.91 Å². The molecule has 146 valence electrons. The van der Waals surface area contributed by atoms with Gasteiger partial charge in [0.05, 0.1) is 23.3 Å². The molecule has 6 nitrogen and oxygen atoms in total. The molecule has 0 unspecified atom stereocenters. The van der Waals surface area contributed by atoms with Crippen LogP contribution in [0.2, 0.25) is 5.02 Å². The van der Waals surface area contributed by atoms with Crippen LogP contribution in [0.5, 0.6) is 0 Å². The Labute approximate surface area is 170 Å². The summed E-state index contributed by atoms with van der Waals surface area (Å²) in [6.45, 7) is 5.43. The maximum atomic E-state index is 12.5. The van der Waals surface area contributed by atoms with Crippen LogP contribution in [0.1, 0.15) is 24.8 Å². The largest absolute Gasteiger partial charge is 0.367 e. The van der Waals surface area contributed by atoms with Gasteiger partial charge in [0.25, 0.3) is 0 Å². The van der Waals surface area contributed by atoms with Gasteiger partial charge < -0.3 is 9.80 Å². The number of anilines is 1. The lowest BCUT2D eigenvalue weighted by atomic mass is 10.1. The minimum absolute atomic E-state index is 0.243. The summed E-state index contributed by atoms with van der Waals surface area (Å²) in [5, 5.41) is 11.1. The van der Waals surface area contributed by atoms with E-state index in [0.717, 1.165) is 68.7 Å². The third-order valence-corrected chi connectivity index (χ3v) is 5.91. The van der Waals surface area contributed by atoms with E-state index >= 15 is 0 Å². The van der Waals surface area contributed by atoms with E-state index in [0.29, 0.717) is 17.1 Å². The van der Waals surface area contributed by atoms with Crippen LogP contribution in [-0.2, 0) is 4.79 Å². The number of rotatable bonds is 3. The molecule has 1 aromatic heterocycles. The predicted octanol–water partition coefficient (Wildman–Crippen LogP) is 2.89. The van der Waals surface area contributed by atoms with E-state index in [4.69, 9.17) is 11.6 Å². The summed E-state index contributed by atoms with van der Waals surface area (Å²) in [6.07, 6.45) is 5.10. The predicted molar refractivity (Wildman–Crippen MR) is 111 cm³/mol. The zero-order valence-electron chi connectivity index (χ0n) is 15.9. The highest BCUT2D eigenvalue weighted by Gasteiger charge is 2.25. The molecule has 0 spiro atoms. The summed E-state index contributed by atoms with van der Waals surface area (Å²) in [4.78, 5) is 23.4. The molecule has 0 atom stereocenters. The summed E-state index contributed by atoms with van der Waals surface area (Å²) < 4.78 is 0. The second kappa shape index (κ2) is 8.34. The maximum Gasteiger partial charge on any atom is 0.236 e. The standard InChI is InChI=1S/C21H24ClN5O/c22-17-4-5-19-18(12-17)21(16(13-23)14-24-19)27-10-8-25(9-11-27)15-20(28)26-6-2-1-3-7-26/h4-5,12,14H,1-3,6-11,15H2. The number of hydrogen-bond acceptors (Lipinski definition) is 5. The number of amides is 1. The van der Waals surface area contributed by atoms with E-state index in [9.17, 15) is 10.1 Å². The van der Waals surface area contributed by atoms with Crippen LogP contribution < -0.4 is 4.90 Å². The SMILES string of the molecule is N#Cc1cnc2ccc(Cl)cc2c1N1CCN(CC(=O)N2CCCCC2)CC1. The molecule has 2 saturated heterocycles. The Balaban J connectivity index is 1.47. The highest BCUT2D eigenvalue weighted by molar-refractivity contribution is 6.31. The first-order chi connectivity index (χ1) is 13.7. The van der Waals surface area contributed by atoms with Crippen molar-refractivity contribution in [1.82, 2.24) is 14.8 Å². The zero-order valence-corrected chi connectivity index (χ0v) is 16.7. The van der Waals surface area contributed by atoms with Crippen molar-refractivity contribution >= 4 is 34.1 Å². The molecule has 1 aromatic carbocycles. The average Bonchev–Trinajstić information content (AvgIpc) is 2.74.